The van der Waals surface area contributed by atoms with Crippen LogP contribution in [0.1, 0.15) is 35.1 Å². The summed E-state index contributed by atoms with van der Waals surface area (Å²) in [5.74, 6) is 0.784. The standard InChI is InChI=1S/C18H25N5O2S/c1-3-4-7-23-16(13-14(2)20-23)19-18(25)22-10-8-21(9-11-22)17(24)15-6-5-12-26-15/h5-6,12-13H,3-4,7-11H2,1-2H3,(H,19,25). The molecule has 1 aliphatic rings. The van der Waals surface area contributed by atoms with Crippen molar-refractivity contribution in [1.29, 1.82) is 0 Å². The Hall–Kier alpha value is -2.35. The van der Waals surface area contributed by atoms with E-state index in [-0.39, 0.29) is 11.9 Å². The van der Waals surface area contributed by atoms with E-state index in [0.717, 1.165) is 35.8 Å². The molecule has 1 saturated heterocycles. The van der Waals surface area contributed by atoms with Crippen molar-refractivity contribution in [2.75, 3.05) is 31.5 Å². The summed E-state index contributed by atoms with van der Waals surface area (Å²) in [6.07, 6.45) is 2.10. The summed E-state index contributed by atoms with van der Waals surface area (Å²) in [6, 6.07) is 5.48. The Morgan fingerprint density at radius 1 is 1.23 bits per heavy atom. The molecule has 0 atom stereocenters. The van der Waals surface area contributed by atoms with Gasteiger partial charge in [-0.1, -0.05) is 19.4 Å². The fourth-order valence-electron chi connectivity index (χ4n) is 2.98. The van der Waals surface area contributed by atoms with E-state index in [1.54, 1.807) is 4.90 Å². The van der Waals surface area contributed by atoms with E-state index in [1.165, 1.54) is 11.3 Å². The van der Waals surface area contributed by atoms with Gasteiger partial charge >= 0.3 is 6.03 Å². The molecule has 3 heterocycles. The SMILES string of the molecule is CCCCn1nc(C)cc1NC(=O)N1CCN(C(=O)c2cccs2)CC1. The quantitative estimate of drug-likeness (QED) is 0.873. The topological polar surface area (TPSA) is 70.5 Å². The van der Waals surface area contributed by atoms with Gasteiger partial charge in [-0.2, -0.15) is 5.10 Å². The number of urea groups is 1. The monoisotopic (exact) mass is 375 g/mol. The first-order chi connectivity index (χ1) is 12.6. The molecule has 1 aliphatic heterocycles. The largest absolute Gasteiger partial charge is 0.334 e. The predicted octanol–water partition coefficient (Wildman–Crippen LogP) is 3.04. The third-order valence-electron chi connectivity index (χ3n) is 4.45. The number of unbranched alkanes of at least 4 members (excludes halogenated alkanes) is 1. The fourth-order valence-corrected chi connectivity index (χ4v) is 3.67. The molecule has 7 nitrogen and oxygen atoms in total. The molecular weight excluding hydrogens is 350 g/mol. The van der Waals surface area contributed by atoms with Crippen LogP contribution < -0.4 is 5.32 Å². The minimum absolute atomic E-state index is 0.0494. The van der Waals surface area contributed by atoms with E-state index in [0.29, 0.717) is 26.2 Å². The van der Waals surface area contributed by atoms with Gasteiger partial charge in [0.15, 0.2) is 0 Å². The van der Waals surface area contributed by atoms with Crippen molar-refractivity contribution in [2.24, 2.45) is 0 Å². The molecule has 1 N–H and O–H groups in total. The molecule has 0 radical (unpaired) electrons. The number of carbonyl (C=O) groups is 2. The first kappa shape index (κ1) is 18.4. The van der Waals surface area contributed by atoms with E-state index in [1.807, 2.05) is 40.1 Å². The van der Waals surface area contributed by atoms with Crippen molar-refractivity contribution in [3.63, 3.8) is 0 Å². The average Bonchev–Trinajstić information content (AvgIpc) is 3.29. The number of nitrogens with one attached hydrogen (secondary N) is 1. The van der Waals surface area contributed by atoms with Crippen molar-refractivity contribution in [1.82, 2.24) is 19.6 Å². The van der Waals surface area contributed by atoms with Crippen LogP contribution in [0.2, 0.25) is 0 Å². The molecule has 0 spiro atoms. The second kappa shape index (κ2) is 8.35. The highest BCUT2D eigenvalue weighted by molar-refractivity contribution is 7.12. The van der Waals surface area contributed by atoms with Crippen molar-refractivity contribution in [2.45, 2.75) is 33.2 Å². The average molecular weight is 375 g/mol. The van der Waals surface area contributed by atoms with Crippen LogP contribution in [0.3, 0.4) is 0 Å². The van der Waals surface area contributed by atoms with Gasteiger partial charge in [0.1, 0.15) is 5.82 Å². The van der Waals surface area contributed by atoms with E-state index in [9.17, 15) is 9.59 Å². The number of anilines is 1. The summed E-state index contributed by atoms with van der Waals surface area (Å²) in [5, 5.41) is 9.31. The van der Waals surface area contributed by atoms with Gasteiger partial charge in [-0.25, -0.2) is 9.48 Å². The maximum Gasteiger partial charge on any atom is 0.323 e. The highest BCUT2D eigenvalue weighted by atomic mass is 32.1. The zero-order chi connectivity index (χ0) is 18.5. The summed E-state index contributed by atoms with van der Waals surface area (Å²) in [5.41, 5.74) is 0.891. The van der Waals surface area contributed by atoms with Gasteiger partial charge in [-0.05, 0) is 24.8 Å². The van der Waals surface area contributed by atoms with Gasteiger partial charge in [0, 0.05) is 38.8 Å². The summed E-state index contributed by atoms with van der Waals surface area (Å²) in [6.45, 7) is 7.02. The maximum absolute atomic E-state index is 12.6. The highest BCUT2D eigenvalue weighted by Crippen LogP contribution is 2.16. The first-order valence-corrected chi connectivity index (χ1v) is 9.89. The zero-order valence-corrected chi connectivity index (χ0v) is 16.1. The number of aromatic nitrogens is 2. The third-order valence-corrected chi connectivity index (χ3v) is 5.30. The molecule has 2 aromatic heterocycles. The Morgan fingerprint density at radius 3 is 2.62 bits per heavy atom. The normalized spacial score (nSPS) is 14.5. The number of amides is 3. The molecule has 140 valence electrons. The molecule has 8 heteroatoms. The van der Waals surface area contributed by atoms with Crippen LogP contribution in [0.4, 0.5) is 10.6 Å². The number of thiophene rings is 1. The van der Waals surface area contributed by atoms with Crippen LogP contribution in [0.15, 0.2) is 23.6 Å². The van der Waals surface area contributed by atoms with Crippen LogP contribution in [0.5, 0.6) is 0 Å². The number of hydrogen-bond donors (Lipinski definition) is 1. The number of piperazine rings is 1. The number of carbonyl (C=O) groups excluding carboxylic acids is 2. The maximum atomic E-state index is 12.6. The molecule has 1 fully saturated rings. The lowest BCUT2D eigenvalue weighted by Crippen LogP contribution is -2.51. The van der Waals surface area contributed by atoms with Crippen molar-refractivity contribution >= 4 is 29.1 Å². The molecule has 0 aromatic carbocycles. The third kappa shape index (κ3) is 4.24. The highest BCUT2D eigenvalue weighted by Gasteiger charge is 2.25. The van der Waals surface area contributed by atoms with Gasteiger partial charge in [-0.3, -0.25) is 10.1 Å². The molecule has 2 aromatic rings. The summed E-state index contributed by atoms with van der Waals surface area (Å²) in [7, 11) is 0. The molecule has 0 bridgehead atoms. The minimum atomic E-state index is -0.133. The molecule has 0 saturated carbocycles. The molecule has 0 aliphatic carbocycles. The molecule has 3 amide bonds. The number of aryl methyl sites for hydroxylation is 2. The lowest BCUT2D eigenvalue weighted by Gasteiger charge is -2.34. The Kier molecular flexibility index (Phi) is 5.92. The molecule has 0 unspecified atom stereocenters. The Morgan fingerprint density at radius 2 is 1.96 bits per heavy atom. The van der Waals surface area contributed by atoms with Crippen LogP contribution in [0, 0.1) is 6.92 Å². The predicted molar refractivity (Wildman–Crippen MR) is 103 cm³/mol. The van der Waals surface area contributed by atoms with Gasteiger partial charge in [0.25, 0.3) is 5.91 Å². The molecule has 3 rings (SSSR count). The zero-order valence-electron chi connectivity index (χ0n) is 15.3. The minimum Gasteiger partial charge on any atom is -0.334 e. The summed E-state index contributed by atoms with van der Waals surface area (Å²) >= 11 is 1.45. The van der Waals surface area contributed by atoms with E-state index >= 15 is 0 Å². The van der Waals surface area contributed by atoms with Crippen LogP contribution >= 0.6 is 11.3 Å². The molecular formula is C18H25N5O2S. The summed E-state index contributed by atoms with van der Waals surface area (Å²) < 4.78 is 1.85. The molecule has 26 heavy (non-hydrogen) atoms. The van der Waals surface area contributed by atoms with Gasteiger partial charge < -0.3 is 9.80 Å². The number of hydrogen-bond acceptors (Lipinski definition) is 4. The lowest BCUT2D eigenvalue weighted by atomic mass is 10.3. The van der Waals surface area contributed by atoms with Crippen molar-refractivity contribution in [3.05, 3.63) is 34.2 Å². The van der Waals surface area contributed by atoms with Crippen LogP contribution in [-0.2, 0) is 6.54 Å². The Bertz CT molecular complexity index is 748. The second-order valence-electron chi connectivity index (χ2n) is 6.43. The van der Waals surface area contributed by atoms with Gasteiger partial charge in [0.05, 0.1) is 10.6 Å². The van der Waals surface area contributed by atoms with Gasteiger partial charge in [0.2, 0.25) is 0 Å². The Balaban J connectivity index is 1.55. The van der Waals surface area contributed by atoms with Crippen LogP contribution in [-0.4, -0.2) is 57.7 Å². The van der Waals surface area contributed by atoms with E-state index in [4.69, 9.17) is 0 Å². The summed E-state index contributed by atoms with van der Waals surface area (Å²) in [4.78, 5) is 29.3. The smallest absolute Gasteiger partial charge is 0.323 e. The second-order valence-corrected chi connectivity index (χ2v) is 7.38. The van der Waals surface area contributed by atoms with Crippen molar-refractivity contribution < 1.29 is 9.59 Å². The van der Waals surface area contributed by atoms with E-state index in [2.05, 4.69) is 17.3 Å². The van der Waals surface area contributed by atoms with E-state index < -0.39 is 0 Å². The lowest BCUT2D eigenvalue weighted by molar-refractivity contribution is 0.0676. The number of rotatable bonds is 5. The fraction of sp³-hybridized carbons (Fsp3) is 0.500. The Labute approximate surface area is 157 Å². The van der Waals surface area contributed by atoms with Crippen LogP contribution in [0.25, 0.3) is 0 Å². The first-order valence-electron chi connectivity index (χ1n) is 9.01. The number of nitrogens with zero attached hydrogens (tertiary/aromatic N) is 4. The van der Waals surface area contributed by atoms with Crippen molar-refractivity contribution in [3.8, 4) is 0 Å². The van der Waals surface area contributed by atoms with Gasteiger partial charge in [-0.15, -0.1) is 11.3 Å².